The highest BCUT2D eigenvalue weighted by Gasteiger charge is 2.31. The van der Waals surface area contributed by atoms with Gasteiger partial charge in [-0.2, -0.15) is 4.31 Å². The Kier molecular flexibility index (Phi) is 5.20. The Morgan fingerprint density at radius 2 is 1.95 bits per heavy atom. The van der Waals surface area contributed by atoms with Gasteiger partial charge < -0.3 is 10.1 Å². The number of carbonyl (C=O) groups is 1. The summed E-state index contributed by atoms with van der Waals surface area (Å²) in [6, 6.07) is 4.59. The third kappa shape index (κ3) is 3.48. The fourth-order valence-corrected chi connectivity index (χ4v) is 4.34. The molecule has 1 saturated heterocycles. The van der Waals surface area contributed by atoms with Crippen molar-refractivity contribution in [1.29, 1.82) is 0 Å². The lowest BCUT2D eigenvalue weighted by molar-refractivity contribution is 0.111. The molecule has 1 aromatic carbocycles. The summed E-state index contributed by atoms with van der Waals surface area (Å²) in [7, 11) is -3.61. The number of carbonyl (C=O) groups excluding carboxylic acids is 1. The highest BCUT2D eigenvalue weighted by molar-refractivity contribution is 7.89. The van der Waals surface area contributed by atoms with Crippen LogP contribution < -0.4 is 10.1 Å². The molecule has 0 bridgehead atoms. The van der Waals surface area contributed by atoms with E-state index in [4.69, 9.17) is 4.74 Å². The van der Waals surface area contributed by atoms with E-state index in [1.54, 1.807) is 0 Å². The molecule has 2 rings (SSSR count). The predicted octanol–water partition coefficient (Wildman–Crippen LogP) is 1.27. The summed E-state index contributed by atoms with van der Waals surface area (Å²) in [5.41, 5.74) is 0.249. The molecule has 1 aromatic rings. The minimum atomic E-state index is -3.61. The second-order valence-electron chi connectivity index (χ2n) is 5.54. The largest absolute Gasteiger partial charge is 0.493 e. The van der Waals surface area contributed by atoms with Crippen molar-refractivity contribution in [1.82, 2.24) is 9.62 Å². The van der Waals surface area contributed by atoms with Gasteiger partial charge in [-0.25, -0.2) is 8.42 Å². The molecule has 0 amide bonds. The topological polar surface area (TPSA) is 75.7 Å². The fourth-order valence-electron chi connectivity index (χ4n) is 2.69. The van der Waals surface area contributed by atoms with E-state index in [-0.39, 0.29) is 22.5 Å². The minimum absolute atomic E-state index is 0.0896. The molecule has 0 aromatic heterocycles. The molecular weight excluding hydrogens is 304 g/mol. The summed E-state index contributed by atoms with van der Waals surface area (Å²) in [5.74, 6) is 0.401. The summed E-state index contributed by atoms with van der Waals surface area (Å²) < 4.78 is 32.3. The molecule has 0 saturated carbocycles. The van der Waals surface area contributed by atoms with Gasteiger partial charge in [0.15, 0.2) is 6.29 Å². The van der Waals surface area contributed by atoms with E-state index < -0.39 is 10.0 Å². The lowest BCUT2D eigenvalue weighted by atomic mass is 10.2. The molecule has 0 aliphatic carbocycles. The van der Waals surface area contributed by atoms with Gasteiger partial charge in [0, 0.05) is 25.2 Å². The summed E-state index contributed by atoms with van der Waals surface area (Å²) in [4.78, 5) is 11.3. The van der Waals surface area contributed by atoms with E-state index in [0.717, 1.165) is 0 Å². The second kappa shape index (κ2) is 6.76. The van der Waals surface area contributed by atoms with E-state index in [1.165, 1.54) is 22.5 Å². The lowest BCUT2D eigenvalue weighted by Gasteiger charge is -2.35. The maximum absolute atomic E-state index is 12.8. The molecule has 7 heteroatoms. The smallest absolute Gasteiger partial charge is 0.243 e. The number of aldehydes is 1. The van der Waals surface area contributed by atoms with Gasteiger partial charge >= 0.3 is 0 Å². The zero-order valence-corrected chi connectivity index (χ0v) is 13.9. The Morgan fingerprint density at radius 1 is 1.32 bits per heavy atom. The Balaban J connectivity index is 2.35. The summed E-state index contributed by atoms with van der Waals surface area (Å²) >= 11 is 0. The van der Waals surface area contributed by atoms with Gasteiger partial charge in [0.2, 0.25) is 10.0 Å². The minimum Gasteiger partial charge on any atom is -0.493 e. The molecule has 0 radical (unpaired) electrons. The quantitative estimate of drug-likeness (QED) is 0.825. The highest BCUT2D eigenvalue weighted by Crippen LogP contribution is 2.24. The summed E-state index contributed by atoms with van der Waals surface area (Å²) in [5, 5.41) is 3.30. The molecule has 2 atom stereocenters. The highest BCUT2D eigenvalue weighted by atomic mass is 32.2. The van der Waals surface area contributed by atoms with Crippen LogP contribution in [0.2, 0.25) is 0 Å². The number of benzene rings is 1. The predicted molar refractivity (Wildman–Crippen MR) is 83.8 cm³/mol. The standard InChI is InChI=1S/C15H22N2O4S/c1-4-21-15-6-5-14(7-13(15)10-18)22(19,20)17-8-11(2)16-12(3)9-17/h5-7,10-12,16H,4,8-9H2,1-3H3. The van der Waals surface area contributed by atoms with Crippen LogP contribution in [0.4, 0.5) is 0 Å². The molecule has 22 heavy (non-hydrogen) atoms. The van der Waals surface area contributed by atoms with E-state index >= 15 is 0 Å². The van der Waals surface area contributed by atoms with E-state index in [2.05, 4.69) is 5.32 Å². The van der Waals surface area contributed by atoms with E-state index in [9.17, 15) is 13.2 Å². The van der Waals surface area contributed by atoms with E-state index in [0.29, 0.717) is 31.7 Å². The Hall–Kier alpha value is -1.44. The van der Waals surface area contributed by atoms with Crippen LogP contribution in [0.25, 0.3) is 0 Å². The first kappa shape index (κ1) is 16.9. The fraction of sp³-hybridized carbons (Fsp3) is 0.533. The average Bonchev–Trinajstić information content (AvgIpc) is 2.46. The van der Waals surface area contributed by atoms with Crippen LogP contribution in [0.5, 0.6) is 5.75 Å². The molecular formula is C15H22N2O4S. The number of nitrogens with zero attached hydrogens (tertiary/aromatic N) is 1. The third-order valence-corrected chi connectivity index (χ3v) is 5.40. The summed E-state index contributed by atoms with van der Waals surface area (Å²) in [6.45, 7) is 6.95. The van der Waals surface area contributed by atoms with Crippen LogP contribution in [0, 0.1) is 0 Å². The van der Waals surface area contributed by atoms with Crippen LogP contribution in [0.3, 0.4) is 0 Å². The van der Waals surface area contributed by atoms with Crippen LogP contribution in [0.1, 0.15) is 31.1 Å². The van der Waals surface area contributed by atoms with Gasteiger partial charge in [0.1, 0.15) is 5.75 Å². The Bertz CT molecular complexity index is 635. The van der Waals surface area contributed by atoms with Crippen LogP contribution in [-0.4, -0.2) is 50.8 Å². The van der Waals surface area contributed by atoms with Gasteiger partial charge in [0.05, 0.1) is 17.1 Å². The van der Waals surface area contributed by atoms with Gasteiger partial charge in [-0.3, -0.25) is 4.79 Å². The zero-order chi connectivity index (χ0) is 16.3. The monoisotopic (exact) mass is 326 g/mol. The third-order valence-electron chi connectivity index (χ3n) is 3.57. The van der Waals surface area contributed by atoms with Gasteiger partial charge in [-0.15, -0.1) is 0 Å². The molecule has 1 aliphatic heterocycles. The van der Waals surface area contributed by atoms with Crippen LogP contribution in [-0.2, 0) is 10.0 Å². The van der Waals surface area contributed by atoms with Gasteiger partial charge in [-0.1, -0.05) is 0 Å². The van der Waals surface area contributed by atoms with Gasteiger partial charge in [0.25, 0.3) is 0 Å². The van der Waals surface area contributed by atoms with Gasteiger partial charge in [-0.05, 0) is 39.0 Å². The van der Waals surface area contributed by atoms with E-state index in [1.807, 2.05) is 20.8 Å². The molecule has 1 N–H and O–H groups in total. The molecule has 122 valence electrons. The molecule has 2 unspecified atom stereocenters. The number of ether oxygens (including phenoxy) is 1. The number of nitrogens with one attached hydrogen (secondary N) is 1. The molecule has 1 aliphatic rings. The maximum Gasteiger partial charge on any atom is 0.243 e. The number of hydrogen-bond acceptors (Lipinski definition) is 5. The Morgan fingerprint density at radius 3 is 2.50 bits per heavy atom. The maximum atomic E-state index is 12.8. The first-order valence-corrected chi connectivity index (χ1v) is 8.80. The van der Waals surface area contributed by atoms with Crippen LogP contribution >= 0.6 is 0 Å². The molecule has 6 nitrogen and oxygen atoms in total. The Labute approximate surface area is 131 Å². The average molecular weight is 326 g/mol. The first-order valence-electron chi connectivity index (χ1n) is 7.36. The number of piperazine rings is 1. The van der Waals surface area contributed by atoms with Crippen molar-refractivity contribution in [2.24, 2.45) is 0 Å². The molecule has 0 spiro atoms. The molecule has 1 heterocycles. The van der Waals surface area contributed by atoms with Crippen molar-refractivity contribution in [3.8, 4) is 5.75 Å². The number of hydrogen-bond donors (Lipinski definition) is 1. The lowest BCUT2D eigenvalue weighted by Crippen LogP contribution is -2.55. The van der Waals surface area contributed by atoms with Crippen molar-refractivity contribution >= 4 is 16.3 Å². The van der Waals surface area contributed by atoms with Crippen molar-refractivity contribution in [3.05, 3.63) is 23.8 Å². The summed E-state index contributed by atoms with van der Waals surface area (Å²) in [6.07, 6.45) is 0.618. The van der Waals surface area contributed by atoms with Crippen molar-refractivity contribution in [2.45, 2.75) is 37.8 Å². The SMILES string of the molecule is CCOc1ccc(S(=O)(=O)N2CC(C)NC(C)C2)cc1C=O. The number of sulfonamides is 1. The van der Waals surface area contributed by atoms with Crippen molar-refractivity contribution < 1.29 is 17.9 Å². The zero-order valence-electron chi connectivity index (χ0n) is 13.1. The van der Waals surface area contributed by atoms with Crippen LogP contribution in [0.15, 0.2) is 23.1 Å². The number of rotatable bonds is 5. The van der Waals surface area contributed by atoms with Crippen molar-refractivity contribution in [2.75, 3.05) is 19.7 Å². The van der Waals surface area contributed by atoms with Crippen molar-refractivity contribution in [3.63, 3.8) is 0 Å². The molecule has 1 fully saturated rings. The first-order chi connectivity index (χ1) is 10.4. The normalized spacial score (nSPS) is 23.2. The second-order valence-corrected chi connectivity index (χ2v) is 7.48.